The molecule has 1 saturated heterocycles. The Morgan fingerprint density at radius 1 is 1.20 bits per heavy atom. The van der Waals surface area contributed by atoms with Crippen LogP contribution in [0.1, 0.15) is 45.0 Å². The molecule has 4 rings (SSSR count). The van der Waals surface area contributed by atoms with Crippen LogP contribution in [-0.2, 0) is 9.31 Å². The lowest BCUT2D eigenvalue weighted by Gasteiger charge is -2.32. The molecule has 2 aromatic rings. The quantitative estimate of drug-likeness (QED) is 0.750. The first kappa shape index (κ1) is 20.6. The van der Waals surface area contributed by atoms with Gasteiger partial charge in [-0.05, 0) is 46.8 Å². The number of hydrogen-bond donors (Lipinski definition) is 1. The van der Waals surface area contributed by atoms with Gasteiger partial charge in [0.05, 0.1) is 17.7 Å². The summed E-state index contributed by atoms with van der Waals surface area (Å²) in [7, 11) is -0.837. The normalized spacial score (nSPS) is 22.5. The van der Waals surface area contributed by atoms with Crippen LogP contribution < -0.4 is 20.8 Å². The summed E-state index contributed by atoms with van der Waals surface area (Å²) in [5.74, 6) is -0.848. The number of carbonyl (C=O) groups excluding carboxylic acids is 1. The molecule has 1 aromatic heterocycles. The number of carbonyl (C=O) groups is 1. The highest BCUT2D eigenvalue weighted by Crippen LogP contribution is 2.37. The van der Waals surface area contributed by atoms with Gasteiger partial charge in [0, 0.05) is 11.2 Å². The first-order chi connectivity index (χ1) is 14.0. The predicted molar refractivity (Wildman–Crippen MR) is 110 cm³/mol. The fourth-order valence-electron chi connectivity index (χ4n) is 3.44. The van der Waals surface area contributed by atoms with Gasteiger partial charge in [0.15, 0.2) is 0 Å². The van der Waals surface area contributed by atoms with Crippen molar-refractivity contribution in [2.45, 2.75) is 51.9 Å². The van der Waals surface area contributed by atoms with Gasteiger partial charge in [-0.3, -0.25) is 4.79 Å². The Morgan fingerprint density at radius 3 is 2.50 bits per heavy atom. The van der Waals surface area contributed by atoms with Gasteiger partial charge in [0.2, 0.25) is 5.88 Å². The molecule has 10 heteroatoms. The Hall–Kier alpha value is -2.72. The highest BCUT2D eigenvalue weighted by Gasteiger charge is 2.52. The zero-order valence-electron chi connectivity index (χ0n) is 17.6. The highest BCUT2D eigenvalue weighted by molar-refractivity contribution is 6.62. The number of nitrogen functional groups attached to an aromatic ring is 1. The number of benzene rings is 1. The number of rotatable bonds is 2. The molecular weight excluding hydrogens is 390 g/mol. The van der Waals surface area contributed by atoms with Gasteiger partial charge in [0.25, 0.3) is 5.91 Å². The van der Waals surface area contributed by atoms with Crippen LogP contribution in [0.3, 0.4) is 0 Å². The SMILES string of the molecule is CC1CN(c2ccc(B3OC(C)(C)C(C)(C)O3)c(F)c2)C(=O)c2c(N)ncnc2O1. The number of ether oxygens (including phenoxy) is 1. The highest BCUT2D eigenvalue weighted by atomic mass is 19.1. The molecule has 2 N–H and O–H groups in total. The number of amides is 1. The molecule has 0 saturated carbocycles. The zero-order valence-corrected chi connectivity index (χ0v) is 17.6. The van der Waals surface area contributed by atoms with Gasteiger partial charge in [-0.25, -0.2) is 14.4 Å². The molecular formula is C20H24BFN4O4. The second-order valence-electron chi connectivity index (χ2n) is 8.58. The van der Waals surface area contributed by atoms with Crippen LogP contribution in [0.5, 0.6) is 5.88 Å². The summed E-state index contributed by atoms with van der Waals surface area (Å²) in [6.07, 6.45) is 0.860. The molecule has 0 spiro atoms. The maximum Gasteiger partial charge on any atom is 0.497 e. The summed E-state index contributed by atoms with van der Waals surface area (Å²) in [5, 5.41) is 0. The minimum atomic E-state index is -0.837. The van der Waals surface area contributed by atoms with Crippen LogP contribution in [-0.4, -0.2) is 46.8 Å². The van der Waals surface area contributed by atoms with Crippen molar-refractivity contribution < 1.29 is 23.2 Å². The van der Waals surface area contributed by atoms with Crippen LogP contribution in [0.4, 0.5) is 15.9 Å². The summed E-state index contributed by atoms with van der Waals surface area (Å²) in [6.45, 7) is 9.61. The number of anilines is 2. The summed E-state index contributed by atoms with van der Waals surface area (Å²) >= 11 is 0. The second kappa shape index (κ2) is 6.92. The van der Waals surface area contributed by atoms with E-state index in [0.29, 0.717) is 5.69 Å². The lowest BCUT2D eigenvalue weighted by Crippen LogP contribution is -2.41. The maximum absolute atomic E-state index is 15.1. The van der Waals surface area contributed by atoms with Crippen molar-refractivity contribution in [3.63, 3.8) is 0 Å². The Morgan fingerprint density at radius 2 is 1.87 bits per heavy atom. The van der Waals surface area contributed by atoms with Gasteiger partial charge in [-0.1, -0.05) is 6.07 Å². The van der Waals surface area contributed by atoms with Crippen LogP contribution in [0.15, 0.2) is 24.5 Å². The van der Waals surface area contributed by atoms with Crippen molar-refractivity contribution in [2.75, 3.05) is 17.2 Å². The monoisotopic (exact) mass is 414 g/mol. The largest absolute Gasteiger partial charge is 0.497 e. The maximum atomic E-state index is 15.1. The molecule has 1 aromatic carbocycles. The first-order valence-electron chi connectivity index (χ1n) is 9.74. The van der Waals surface area contributed by atoms with E-state index < -0.39 is 30.0 Å². The molecule has 3 heterocycles. The number of hydrogen-bond acceptors (Lipinski definition) is 7. The number of nitrogens with two attached hydrogens (primary N) is 1. The lowest BCUT2D eigenvalue weighted by molar-refractivity contribution is 0.00578. The second-order valence-corrected chi connectivity index (χ2v) is 8.58. The number of aromatic nitrogens is 2. The van der Waals surface area contributed by atoms with Gasteiger partial charge in [-0.15, -0.1) is 0 Å². The third-order valence-corrected chi connectivity index (χ3v) is 5.86. The molecule has 1 unspecified atom stereocenters. The molecule has 0 bridgehead atoms. The van der Waals surface area contributed by atoms with E-state index in [4.69, 9.17) is 19.8 Å². The van der Waals surface area contributed by atoms with Crippen LogP contribution in [0.25, 0.3) is 0 Å². The summed E-state index contributed by atoms with van der Waals surface area (Å²) < 4.78 is 32.7. The Kier molecular flexibility index (Phi) is 4.74. The zero-order chi connectivity index (χ0) is 21.8. The molecule has 8 nitrogen and oxygen atoms in total. The van der Waals surface area contributed by atoms with Crippen molar-refractivity contribution >= 4 is 30.0 Å². The number of nitrogens with zero attached hydrogens (tertiary/aromatic N) is 3. The summed E-state index contributed by atoms with van der Waals surface area (Å²) in [6, 6.07) is 4.51. The Bertz CT molecular complexity index is 1000. The van der Waals surface area contributed by atoms with Crippen molar-refractivity contribution in [1.29, 1.82) is 0 Å². The van der Waals surface area contributed by atoms with Crippen LogP contribution in [0, 0.1) is 5.82 Å². The number of halogens is 1. The van der Waals surface area contributed by atoms with E-state index in [0.717, 1.165) is 0 Å². The average molecular weight is 414 g/mol. The van der Waals surface area contributed by atoms with E-state index in [1.54, 1.807) is 19.1 Å². The summed E-state index contributed by atoms with van der Waals surface area (Å²) in [4.78, 5) is 22.4. The van der Waals surface area contributed by atoms with Crippen LogP contribution in [0.2, 0.25) is 0 Å². The molecule has 0 radical (unpaired) electrons. The lowest BCUT2D eigenvalue weighted by atomic mass is 9.78. The minimum absolute atomic E-state index is 0.0124. The van der Waals surface area contributed by atoms with Crippen molar-refractivity contribution in [3.05, 3.63) is 35.9 Å². The van der Waals surface area contributed by atoms with E-state index in [1.807, 2.05) is 27.7 Å². The molecule has 1 amide bonds. The third kappa shape index (κ3) is 3.29. The smallest absolute Gasteiger partial charge is 0.472 e. The Balaban J connectivity index is 1.68. The molecule has 1 atom stereocenters. The topological polar surface area (TPSA) is 99.8 Å². The van der Waals surface area contributed by atoms with E-state index in [1.165, 1.54) is 17.3 Å². The van der Waals surface area contributed by atoms with Gasteiger partial charge >= 0.3 is 7.12 Å². The van der Waals surface area contributed by atoms with E-state index in [-0.39, 0.29) is 35.4 Å². The molecule has 1 fully saturated rings. The van der Waals surface area contributed by atoms with E-state index >= 15 is 4.39 Å². The molecule has 0 aliphatic carbocycles. The molecule has 158 valence electrons. The summed E-state index contributed by atoms with van der Waals surface area (Å²) in [5.41, 5.74) is 5.42. The van der Waals surface area contributed by atoms with E-state index in [2.05, 4.69) is 9.97 Å². The van der Waals surface area contributed by atoms with Gasteiger partial charge < -0.3 is 24.7 Å². The van der Waals surface area contributed by atoms with Crippen LogP contribution >= 0.6 is 0 Å². The van der Waals surface area contributed by atoms with Gasteiger partial charge in [0.1, 0.15) is 29.6 Å². The molecule has 2 aliphatic rings. The van der Waals surface area contributed by atoms with E-state index in [9.17, 15) is 4.79 Å². The number of fused-ring (bicyclic) bond motifs is 1. The fourth-order valence-corrected chi connectivity index (χ4v) is 3.44. The minimum Gasteiger partial charge on any atom is -0.472 e. The van der Waals surface area contributed by atoms with Crippen molar-refractivity contribution in [2.24, 2.45) is 0 Å². The standard InChI is InChI=1S/C20H24BFN4O4/c1-11-9-26(18(27)15-16(23)24-10-25-17(15)28-11)12-6-7-13(14(22)8-12)21-29-19(2,3)20(4,5)30-21/h6-8,10-11H,9H2,1-5H3,(H2,23,24,25). The Labute approximate surface area is 174 Å². The van der Waals surface area contributed by atoms with Crippen molar-refractivity contribution in [1.82, 2.24) is 9.97 Å². The fraction of sp³-hybridized carbons (Fsp3) is 0.450. The molecule has 2 aliphatic heterocycles. The first-order valence-corrected chi connectivity index (χ1v) is 9.74. The van der Waals surface area contributed by atoms with Crippen molar-refractivity contribution in [3.8, 4) is 5.88 Å². The third-order valence-electron chi connectivity index (χ3n) is 5.86. The molecule has 30 heavy (non-hydrogen) atoms. The average Bonchev–Trinajstić information content (AvgIpc) is 2.77. The van der Waals surface area contributed by atoms with Gasteiger partial charge in [-0.2, -0.15) is 0 Å². The predicted octanol–water partition coefficient (Wildman–Crippen LogP) is 1.92.